The van der Waals surface area contributed by atoms with Crippen LogP contribution in [0.3, 0.4) is 0 Å². The molecule has 1 aliphatic rings. The Hall–Kier alpha value is -3.40. The fourth-order valence-electron chi connectivity index (χ4n) is 3.51. The maximum absolute atomic E-state index is 12.5. The van der Waals surface area contributed by atoms with Crippen molar-refractivity contribution < 1.29 is 22.4 Å². The molecule has 0 spiro atoms. The summed E-state index contributed by atoms with van der Waals surface area (Å²) in [5, 5.41) is 2.72. The van der Waals surface area contributed by atoms with Gasteiger partial charge in [0.15, 0.2) is 5.58 Å². The fourth-order valence-corrected chi connectivity index (χ4v) is 5.08. The van der Waals surface area contributed by atoms with E-state index in [1.165, 1.54) is 16.7 Å². The second kappa shape index (κ2) is 7.45. The third-order valence-corrected chi connectivity index (χ3v) is 6.73. The van der Waals surface area contributed by atoms with E-state index in [-0.39, 0.29) is 30.0 Å². The van der Waals surface area contributed by atoms with Gasteiger partial charge in [-0.15, -0.1) is 0 Å². The average Bonchev–Trinajstić information content (AvgIpc) is 3.12. The largest absolute Gasteiger partial charge is 0.420 e. The van der Waals surface area contributed by atoms with E-state index in [9.17, 15) is 22.8 Å². The van der Waals surface area contributed by atoms with Crippen LogP contribution < -0.4 is 11.1 Å². The molecule has 0 bridgehead atoms. The Morgan fingerprint density at radius 1 is 1.10 bits per heavy atom. The number of carbonyl (C=O) groups excluding carboxylic acids is 2. The predicted octanol–water partition coefficient (Wildman–Crippen LogP) is 1.33. The summed E-state index contributed by atoms with van der Waals surface area (Å²) in [6.45, 7) is 1.65. The highest BCUT2D eigenvalue weighted by molar-refractivity contribution is 7.90. The van der Waals surface area contributed by atoms with Gasteiger partial charge in [-0.25, -0.2) is 17.5 Å². The summed E-state index contributed by atoms with van der Waals surface area (Å²) in [6.07, 6.45) is -0.190. The third kappa shape index (κ3) is 3.39. The van der Waals surface area contributed by atoms with Gasteiger partial charge in [-0.05, 0) is 31.2 Å². The number of sulfonamides is 1. The van der Waals surface area contributed by atoms with E-state index in [2.05, 4.69) is 5.32 Å². The van der Waals surface area contributed by atoms with Crippen LogP contribution in [0.2, 0.25) is 0 Å². The molecule has 1 aromatic heterocycles. The highest BCUT2D eigenvalue weighted by Gasteiger charge is 2.40. The number of aromatic nitrogens is 1. The van der Waals surface area contributed by atoms with Gasteiger partial charge in [-0.1, -0.05) is 24.3 Å². The predicted molar refractivity (Wildman–Crippen MR) is 107 cm³/mol. The molecule has 0 saturated carbocycles. The number of nitrogens with one attached hydrogen (secondary N) is 1. The van der Waals surface area contributed by atoms with Crippen molar-refractivity contribution in [3.63, 3.8) is 0 Å². The highest BCUT2D eigenvalue weighted by atomic mass is 32.2. The Bertz CT molecular complexity index is 1310. The lowest BCUT2D eigenvalue weighted by Gasteiger charge is -2.17. The molecule has 0 fully saturated rings. The third-order valence-electron chi connectivity index (χ3n) is 4.89. The van der Waals surface area contributed by atoms with E-state index in [4.69, 9.17) is 4.42 Å². The lowest BCUT2D eigenvalue weighted by molar-refractivity contribution is -0.121. The van der Waals surface area contributed by atoms with Crippen LogP contribution in [-0.2, 0) is 21.4 Å². The second-order valence-corrected chi connectivity index (χ2v) is 8.87. The van der Waals surface area contributed by atoms with Crippen molar-refractivity contribution in [2.45, 2.75) is 30.8 Å². The summed E-state index contributed by atoms with van der Waals surface area (Å²) in [5.41, 5.74) is 1.19. The summed E-state index contributed by atoms with van der Waals surface area (Å²) in [4.78, 5) is 36.7. The van der Waals surface area contributed by atoms with Crippen LogP contribution in [0.25, 0.3) is 11.1 Å². The number of carbonyl (C=O) groups is 2. The summed E-state index contributed by atoms with van der Waals surface area (Å²) >= 11 is 0. The molecule has 3 aromatic rings. The molecule has 1 aliphatic heterocycles. The zero-order chi connectivity index (χ0) is 21.5. The summed E-state index contributed by atoms with van der Waals surface area (Å²) < 4.78 is 32.4. The molecule has 30 heavy (non-hydrogen) atoms. The Kier molecular flexibility index (Phi) is 4.94. The molecule has 0 saturated heterocycles. The standard InChI is InChI=1S/C20H19N3O6S/c1-13(12-22-15-7-3-4-8-16(15)29-20(22)26)21-18(24)10-11-23-19(25)14-6-2-5-9-17(14)30(23,27)28/h2-9,13H,10-12H2,1H3,(H,21,24)/t13-/m1/s1. The van der Waals surface area contributed by atoms with Crippen molar-refractivity contribution in [1.29, 1.82) is 0 Å². The maximum Gasteiger partial charge on any atom is 0.420 e. The van der Waals surface area contributed by atoms with Gasteiger partial charge < -0.3 is 9.73 Å². The minimum atomic E-state index is -3.94. The van der Waals surface area contributed by atoms with Crippen LogP contribution >= 0.6 is 0 Å². The fraction of sp³-hybridized carbons (Fsp3) is 0.250. The number of para-hydroxylation sites is 2. The van der Waals surface area contributed by atoms with Gasteiger partial charge in [0, 0.05) is 25.6 Å². The summed E-state index contributed by atoms with van der Waals surface area (Å²) in [6, 6.07) is 12.5. The number of nitrogens with zero attached hydrogens (tertiary/aromatic N) is 2. The first kappa shape index (κ1) is 19.9. The lowest BCUT2D eigenvalue weighted by Crippen LogP contribution is -2.40. The van der Waals surface area contributed by atoms with E-state index in [0.29, 0.717) is 11.1 Å². The van der Waals surface area contributed by atoms with Crippen LogP contribution in [0.1, 0.15) is 23.7 Å². The van der Waals surface area contributed by atoms with Gasteiger partial charge in [0.05, 0.1) is 11.1 Å². The summed E-state index contributed by atoms with van der Waals surface area (Å²) in [5.74, 6) is -1.59. The van der Waals surface area contributed by atoms with E-state index in [0.717, 1.165) is 4.31 Å². The lowest BCUT2D eigenvalue weighted by atomic mass is 10.2. The minimum absolute atomic E-state index is 0.0463. The van der Waals surface area contributed by atoms with E-state index < -0.39 is 33.6 Å². The SMILES string of the molecule is C[C@H](Cn1c(=O)oc2ccccc21)NC(=O)CCN1C(=O)c2ccccc2S1(=O)=O. The van der Waals surface area contributed by atoms with Gasteiger partial charge in [-0.3, -0.25) is 14.2 Å². The van der Waals surface area contributed by atoms with Crippen molar-refractivity contribution >= 4 is 32.9 Å². The van der Waals surface area contributed by atoms with Crippen LogP contribution in [0.15, 0.2) is 62.6 Å². The second-order valence-electron chi connectivity index (χ2n) is 7.04. The molecule has 10 heteroatoms. The first-order valence-corrected chi connectivity index (χ1v) is 10.8. The monoisotopic (exact) mass is 429 g/mol. The molecular weight excluding hydrogens is 410 g/mol. The average molecular weight is 429 g/mol. The number of benzene rings is 2. The maximum atomic E-state index is 12.5. The van der Waals surface area contributed by atoms with Crippen LogP contribution in [0.4, 0.5) is 0 Å². The van der Waals surface area contributed by atoms with Crippen LogP contribution in [0.5, 0.6) is 0 Å². The Balaban J connectivity index is 1.39. The number of amides is 2. The number of hydrogen-bond acceptors (Lipinski definition) is 6. The molecule has 4 rings (SSSR count). The zero-order valence-electron chi connectivity index (χ0n) is 16.1. The normalized spacial score (nSPS) is 15.9. The quantitative estimate of drug-likeness (QED) is 0.632. The summed E-state index contributed by atoms with van der Waals surface area (Å²) in [7, 11) is -3.94. The van der Waals surface area contributed by atoms with Gasteiger partial charge in [0.1, 0.15) is 4.90 Å². The Morgan fingerprint density at radius 2 is 1.80 bits per heavy atom. The van der Waals surface area contributed by atoms with E-state index in [1.807, 2.05) is 0 Å². The number of fused-ring (bicyclic) bond motifs is 2. The van der Waals surface area contributed by atoms with Crippen molar-refractivity contribution in [3.8, 4) is 0 Å². The van der Waals surface area contributed by atoms with E-state index >= 15 is 0 Å². The molecule has 2 aromatic carbocycles. The van der Waals surface area contributed by atoms with Crippen molar-refractivity contribution in [3.05, 3.63) is 64.6 Å². The molecule has 0 unspecified atom stereocenters. The Labute approximate surface area is 171 Å². The van der Waals surface area contributed by atoms with Crippen molar-refractivity contribution in [1.82, 2.24) is 14.2 Å². The zero-order valence-corrected chi connectivity index (χ0v) is 16.9. The first-order chi connectivity index (χ1) is 14.3. The minimum Gasteiger partial charge on any atom is -0.408 e. The van der Waals surface area contributed by atoms with Crippen LogP contribution in [-0.4, -0.2) is 41.7 Å². The molecule has 9 nitrogen and oxygen atoms in total. The molecule has 1 N–H and O–H groups in total. The topological polar surface area (TPSA) is 119 Å². The van der Waals surface area contributed by atoms with Gasteiger partial charge >= 0.3 is 5.76 Å². The smallest absolute Gasteiger partial charge is 0.408 e. The number of hydrogen-bond donors (Lipinski definition) is 1. The molecule has 156 valence electrons. The first-order valence-electron chi connectivity index (χ1n) is 9.33. The van der Waals surface area contributed by atoms with Gasteiger partial charge in [0.2, 0.25) is 5.91 Å². The van der Waals surface area contributed by atoms with Gasteiger partial charge in [-0.2, -0.15) is 0 Å². The molecule has 0 aliphatic carbocycles. The van der Waals surface area contributed by atoms with Crippen LogP contribution in [0, 0.1) is 0 Å². The molecule has 1 atom stereocenters. The van der Waals surface area contributed by atoms with Crippen molar-refractivity contribution in [2.24, 2.45) is 0 Å². The molecule has 0 radical (unpaired) electrons. The molecule has 2 heterocycles. The van der Waals surface area contributed by atoms with Gasteiger partial charge in [0.25, 0.3) is 15.9 Å². The highest BCUT2D eigenvalue weighted by Crippen LogP contribution is 2.29. The van der Waals surface area contributed by atoms with Crippen molar-refractivity contribution in [2.75, 3.05) is 6.54 Å². The number of oxazole rings is 1. The van der Waals surface area contributed by atoms with E-state index in [1.54, 1.807) is 43.3 Å². The Morgan fingerprint density at radius 3 is 2.57 bits per heavy atom. The number of rotatable bonds is 6. The molecule has 2 amide bonds. The molecular formula is C20H19N3O6S.